The van der Waals surface area contributed by atoms with Crippen LogP contribution in [-0.2, 0) is 23.9 Å². The zero-order valence-electron chi connectivity index (χ0n) is 17.4. The monoisotopic (exact) mass is 448 g/mol. The van der Waals surface area contributed by atoms with Gasteiger partial charge in [-0.2, -0.15) is 13.2 Å². The molecule has 1 fully saturated rings. The van der Waals surface area contributed by atoms with Gasteiger partial charge in [0.2, 0.25) is 5.91 Å². The predicted molar refractivity (Wildman–Crippen MR) is 112 cm³/mol. The molecular weight excluding hydrogens is 425 g/mol. The van der Waals surface area contributed by atoms with Crippen molar-refractivity contribution in [3.63, 3.8) is 0 Å². The third-order valence-corrected chi connectivity index (χ3v) is 6.17. The molecule has 0 aromatic heterocycles. The molecule has 0 radical (unpaired) electrons. The van der Waals surface area contributed by atoms with Crippen molar-refractivity contribution >= 4 is 17.3 Å². The van der Waals surface area contributed by atoms with Crippen molar-refractivity contribution in [1.82, 2.24) is 10.2 Å². The van der Waals surface area contributed by atoms with Gasteiger partial charge in [-0.3, -0.25) is 14.9 Å². The van der Waals surface area contributed by atoms with Gasteiger partial charge < -0.3 is 15.1 Å². The van der Waals surface area contributed by atoms with Gasteiger partial charge in [0.1, 0.15) is 0 Å². The second-order valence-corrected chi connectivity index (χ2v) is 8.32. The normalized spacial score (nSPS) is 20.9. The summed E-state index contributed by atoms with van der Waals surface area (Å²) in [6.07, 6.45) is -4.12. The quantitative estimate of drug-likeness (QED) is 0.574. The Balaban J connectivity index is 1.56. The molecule has 2 aromatic carbocycles. The number of halogens is 3. The van der Waals surface area contributed by atoms with E-state index in [4.69, 9.17) is 0 Å². The fourth-order valence-electron chi connectivity index (χ4n) is 4.54. The molecule has 0 bridgehead atoms. The van der Waals surface area contributed by atoms with Crippen LogP contribution in [0.1, 0.15) is 16.7 Å². The molecule has 1 saturated heterocycles. The molecule has 0 saturated carbocycles. The lowest BCUT2D eigenvalue weighted by Gasteiger charge is -2.48. The van der Waals surface area contributed by atoms with Crippen molar-refractivity contribution in [3.05, 3.63) is 69.3 Å². The summed E-state index contributed by atoms with van der Waals surface area (Å²) in [5, 5.41) is 14.0. The molecule has 2 atom stereocenters. The van der Waals surface area contributed by atoms with Crippen LogP contribution in [0.3, 0.4) is 0 Å². The predicted octanol–water partition coefficient (Wildman–Crippen LogP) is 3.22. The molecule has 2 aliphatic heterocycles. The summed E-state index contributed by atoms with van der Waals surface area (Å²) in [6, 6.07) is 9.48. The first-order valence-electron chi connectivity index (χ1n) is 10.3. The number of alkyl halides is 3. The number of rotatable bonds is 4. The molecule has 1 amide bonds. The van der Waals surface area contributed by atoms with Crippen LogP contribution < -0.4 is 10.2 Å². The van der Waals surface area contributed by atoms with Gasteiger partial charge in [-0.1, -0.05) is 12.1 Å². The molecule has 2 heterocycles. The van der Waals surface area contributed by atoms with Gasteiger partial charge in [-0.15, -0.1) is 0 Å². The summed E-state index contributed by atoms with van der Waals surface area (Å²) in [5.41, 5.74) is 1.20. The maximum atomic E-state index is 13.1. The Bertz CT molecular complexity index is 1040. The van der Waals surface area contributed by atoms with E-state index in [2.05, 4.69) is 15.1 Å². The van der Waals surface area contributed by atoms with Gasteiger partial charge in [-0.25, -0.2) is 0 Å². The summed E-state index contributed by atoms with van der Waals surface area (Å²) in [4.78, 5) is 28.1. The standard InChI is InChI=1S/C22H23F3N4O3/c1-27-7-8-28-19-6-5-17(29(31)32)10-15(19)11-18(20(28)13-27)21(30)26-12-14-3-2-4-16(9-14)22(23,24)25/h2-6,9-10,18,20H,7-8,11-13H2,1H3,(H,26,30). The Morgan fingerprint density at radius 1 is 1.22 bits per heavy atom. The van der Waals surface area contributed by atoms with Gasteiger partial charge in [0.05, 0.1) is 22.4 Å². The lowest BCUT2D eigenvalue weighted by Crippen LogP contribution is -2.60. The highest BCUT2D eigenvalue weighted by atomic mass is 19.4. The Morgan fingerprint density at radius 2 is 2.00 bits per heavy atom. The van der Waals surface area contributed by atoms with Gasteiger partial charge in [0.25, 0.3) is 5.69 Å². The van der Waals surface area contributed by atoms with Crippen LogP contribution in [0.2, 0.25) is 0 Å². The Morgan fingerprint density at radius 3 is 2.72 bits per heavy atom. The first-order valence-corrected chi connectivity index (χ1v) is 10.3. The highest BCUT2D eigenvalue weighted by Crippen LogP contribution is 2.37. The molecule has 170 valence electrons. The SMILES string of the molecule is CN1CCN2c3ccc([N+](=O)[O-])cc3CC(C(=O)NCc3cccc(C(F)(F)F)c3)C2C1. The van der Waals surface area contributed by atoms with E-state index in [9.17, 15) is 28.1 Å². The van der Waals surface area contributed by atoms with E-state index in [1.807, 2.05) is 7.05 Å². The molecule has 2 aliphatic rings. The number of likely N-dealkylation sites (N-methyl/N-ethyl adjacent to an activating group) is 1. The Hall–Kier alpha value is -3.14. The van der Waals surface area contributed by atoms with E-state index in [0.717, 1.165) is 29.9 Å². The first-order chi connectivity index (χ1) is 15.1. The van der Waals surface area contributed by atoms with Gasteiger partial charge in [0, 0.05) is 44.0 Å². The molecule has 7 nitrogen and oxygen atoms in total. The molecule has 0 aliphatic carbocycles. The zero-order chi connectivity index (χ0) is 23.0. The minimum atomic E-state index is -4.45. The largest absolute Gasteiger partial charge is 0.416 e. The number of nitrogens with one attached hydrogen (secondary N) is 1. The lowest BCUT2D eigenvalue weighted by molar-refractivity contribution is -0.384. The zero-order valence-corrected chi connectivity index (χ0v) is 17.4. The molecule has 32 heavy (non-hydrogen) atoms. The van der Waals surface area contributed by atoms with Crippen molar-refractivity contribution in [2.75, 3.05) is 31.6 Å². The maximum absolute atomic E-state index is 13.1. The molecule has 2 aromatic rings. The van der Waals surface area contributed by atoms with Gasteiger partial charge in [0.15, 0.2) is 0 Å². The van der Waals surface area contributed by atoms with Gasteiger partial charge >= 0.3 is 6.18 Å². The summed E-state index contributed by atoms with van der Waals surface area (Å²) >= 11 is 0. The number of nitro groups is 1. The van der Waals surface area contributed by atoms with Gasteiger partial charge in [-0.05, 0) is 42.8 Å². The third-order valence-electron chi connectivity index (χ3n) is 6.17. The Kier molecular flexibility index (Phi) is 5.81. The molecule has 4 rings (SSSR count). The van der Waals surface area contributed by atoms with E-state index in [1.165, 1.54) is 24.3 Å². The maximum Gasteiger partial charge on any atom is 0.416 e. The molecule has 0 spiro atoms. The van der Waals surface area contributed by atoms with Crippen molar-refractivity contribution in [3.8, 4) is 0 Å². The number of fused-ring (bicyclic) bond motifs is 3. The summed E-state index contributed by atoms with van der Waals surface area (Å²) in [6.45, 7) is 2.11. The number of benzene rings is 2. The lowest BCUT2D eigenvalue weighted by atomic mass is 9.83. The van der Waals surface area contributed by atoms with Crippen LogP contribution >= 0.6 is 0 Å². The topological polar surface area (TPSA) is 78.7 Å². The van der Waals surface area contributed by atoms with Crippen LogP contribution in [0.5, 0.6) is 0 Å². The number of hydrogen-bond acceptors (Lipinski definition) is 5. The van der Waals surface area contributed by atoms with E-state index < -0.39 is 22.6 Å². The number of non-ortho nitro benzene ring substituents is 1. The first kappa shape index (κ1) is 22.1. The van der Waals surface area contributed by atoms with Crippen LogP contribution in [0.15, 0.2) is 42.5 Å². The third kappa shape index (κ3) is 4.40. The number of nitrogens with zero attached hydrogens (tertiary/aromatic N) is 3. The molecule has 1 N–H and O–H groups in total. The highest BCUT2D eigenvalue weighted by molar-refractivity contribution is 5.82. The van der Waals surface area contributed by atoms with E-state index in [-0.39, 0.29) is 24.2 Å². The fraction of sp³-hybridized carbons (Fsp3) is 0.409. The number of nitro benzene ring substituents is 1. The average Bonchev–Trinajstić information content (AvgIpc) is 2.75. The Labute approximate surface area is 183 Å². The van der Waals surface area contributed by atoms with Crippen molar-refractivity contribution in [1.29, 1.82) is 0 Å². The van der Waals surface area contributed by atoms with E-state index in [0.29, 0.717) is 25.1 Å². The van der Waals surface area contributed by atoms with Crippen molar-refractivity contribution < 1.29 is 22.9 Å². The minimum absolute atomic E-state index is 0.0242. The van der Waals surface area contributed by atoms with Crippen LogP contribution in [0, 0.1) is 16.0 Å². The number of piperazine rings is 1. The number of anilines is 1. The number of amides is 1. The molecule has 2 unspecified atom stereocenters. The second kappa shape index (κ2) is 8.42. The summed E-state index contributed by atoms with van der Waals surface area (Å²) < 4.78 is 38.9. The number of hydrogen-bond donors (Lipinski definition) is 1. The van der Waals surface area contributed by atoms with E-state index >= 15 is 0 Å². The van der Waals surface area contributed by atoms with Crippen LogP contribution in [0.4, 0.5) is 24.5 Å². The van der Waals surface area contributed by atoms with Crippen molar-refractivity contribution in [2.24, 2.45) is 5.92 Å². The summed E-state index contributed by atoms with van der Waals surface area (Å²) in [5.74, 6) is -0.747. The van der Waals surface area contributed by atoms with E-state index in [1.54, 1.807) is 6.07 Å². The number of carbonyl (C=O) groups excluding carboxylic acids is 1. The van der Waals surface area contributed by atoms with Crippen LogP contribution in [-0.4, -0.2) is 48.5 Å². The minimum Gasteiger partial charge on any atom is -0.365 e. The second-order valence-electron chi connectivity index (χ2n) is 8.32. The summed E-state index contributed by atoms with van der Waals surface area (Å²) in [7, 11) is 1.97. The number of carbonyl (C=O) groups is 1. The highest BCUT2D eigenvalue weighted by Gasteiger charge is 2.41. The van der Waals surface area contributed by atoms with Crippen molar-refractivity contribution in [2.45, 2.75) is 25.2 Å². The molecule has 10 heteroatoms. The molecular formula is C22H23F3N4O3. The smallest absolute Gasteiger partial charge is 0.365 e. The average molecular weight is 448 g/mol. The van der Waals surface area contributed by atoms with Crippen LogP contribution in [0.25, 0.3) is 0 Å². The fourth-order valence-corrected chi connectivity index (χ4v) is 4.54.